The number of rotatable bonds is 3. The molecule has 1 aliphatic rings. The predicted molar refractivity (Wildman–Crippen MR) is 80.2 cm³/mol. The van der Waals surface area contributed by atoms with E-state index in [9.17, 15) is 8.78 Å². The van der Waals surface area contributed by atoms with E-state index >= 15 is 0 Å². The lowest BCUT2D eigenvalue weighted by atomic mass is 9.95. The largest absolute Gasteiger partial charge is 0.351 e. The molecular formula is C17H18F2N2. The molecule has 0 bridgehead atoms. The van der Waals surface area contributed by atoms with Gasteiger partial charge in [0.25, 0.3) is 0 Å². The van der Waals surface area contributed by atoms with Crippen molar-refractivity contribution >= 4 is 11.9 Å². The van der Waals surface area contributed by atoms with E-state index in [2.05, 4.69) is 15.8 Å². The molecule has 0 atom stereocenters. The van der Waals surface area contributed by atoms with Crippen LogP contribution in [0, 0.1) is 11.6 Å². The number of benzene rings is 1. The third kappa shape index (κ3) is 3.38. The summed E-state index contributed by atoms with van der Waals surface area (Å²) in [7, 11) is 0. The second kappa shape index (κ2) is 6.20. The average molecular weight is 288 g/mol. The Labute approximate surface area is 123 Å². The lowest BCUT2D eigenvalue weighted by Crippen LogP contribution is -2.10. The summed E-state index contributed by atoms with van der Waals surface area (Å²) < 4.78 is 28.5. The molecule has 0 spiro atoms. The molecule has 1 saturated carbocycles. The van der Waals surface area contributed by atoms with Crippen molar-refractivity contribution in [1.82, 2.24) is 4.57 Å². The summed E-state index contributed by atoms with van der Waals surface area (Å²) in [6, 6.07) is 5.95. The van der Waals surface area contributed by atoms with Crippen LogP contribution in [0.4, 0.5) is 14.5 Å². The van der Waals surface area contributed by atoms with Crippen LogP contribution in [0.5, 0.6) is 0 Å². The van der Waals surface area contributed by atoms with Gasteiger partial charge >= 0.3 is 0 Å². The number of nitrogens with zero attached hydrogens (tertiary/aromatic N) is 2. The molecule has 0 unspecified atom stereocenters. The summed E-state index contributed by atoms with van der Waals surface area (Å²) in [5.41, 5.74) is 1.09. The van der Waals surface area contributed by atoms with Gasteiger partial charge in [0.05, 0.1) is 5.69 Å². The summed E-state index contributed by atoms with van der Waals surface area (Å²) in [5.74, 6) is -1.23. The van der Waals surface area contributed by atoms with Gasteiger partial charge in [-0.1, -0.05) is 19.3 Å². The highest BCUT2D eigenvalue weighted by molar-refractivity contribution is 5.81. The fraction of sp³-hybridized carbons (Fsp3) is 0.353. The lowest BCUT2D eigenvalue weighted by Gasteiger charge is -2.23. The van der Waals surface area contributed by atoms with Gasteiger partial charge in [0.2, 0.25) is 0 Å². The third-order valence-electron chi connectivity index (χ3n) is 4.00. The minimum atomic E-state index is -0.641. The summed E-state index contributed by atoms with van der Waals surface area (Å²) in [4.78, 5) is 4.10. The smallest absolute Gasteiger partial charge is 0.151 e. The average Bonchev–Trinajstić information content (AvgIpc) is 2.96. The molecule has 0 aliphatic heterocycles. The van der Waals surface area contributed by atoms with E-state index in [0.717, 1.165) is 11.6 Å². The van der Waals surface area contributed by atoms with E-state index in [-0.39, 0.29) is 5.69 Å². The maximum absolute atomic E-state index is 13.5. The monoisotopic (exact) mass is 288 g/mol. The first-order chi connectivity index (χ1) is 10.2. The van der Waals surface area contributed by atoms with Crippen molar-refractivity contribution in [3.8, 4) is 0 Å². The molecule has 3 rings (SSSR count). The van der Waals surface area contributed by atoms with Gasteiger partial charge in [0.1, 0.15) is 5.82 Å². The molecule has 1 aromatic heterocycles. The van der Waals surface area contributed by atoms with Crippen LogP contribution in [-0.4, -0.2) is 10.8 Å². The Morgan fingerprint density at radius 1 is 1.10 bits per heavy atom. The fourth-order valence-electron chi connectivity index (χ4n) is 2.84. The normalized spacial score (nSPS) is 16.7. The van der Waals surface area contributed by atoms with E-state index in [1.807, 2.05) is 12.3 Å². The maximum Gasteiger partial charge on any atom is 0.151 e. The number of halogens is 2. The molecule has 2 nitrogen and oxygen atoms in total. The second-order valence-corrected chi connectivity index (χ2v) is 5.54. The third-order valence-corrected chi connectivity index (χ3v) is 4.00. The van der Waals surface area contributed by atoms with Crippen LogP contribution < -0.4 is 0 Å². The summed E-state index contributed by atoms with van der Waals surface area (Å²) >= 11 is 0. The molecule has 2 aromatic rings. The van der Waals surface area contributed by atoms with Gasteiger partial charge in [0, 0.05) is 36.3 Å². The van der Waals surface area contributed by atoms with E-state index in [0.29, 0.717) is 6.04 Å². The molecule has 1 aromatic carbocycles. The molecule has 21 heavy (non-hydrogen) atoms. The summed E-state index contributed by atoms with van der Waals surface area (Å²) in [6.45, 7) is 0. The number of hydrogen-bond donors (Lipinski definition) is 0. The lowest BCUT2D eigenvalue weighted by molar-refractivity contribution is 0.354. The molecule has 4 heteroatoms. The minimum Gasteiger partial charge on any atom is -0.351 e. The van der Waals surface area contributed by atoms with E-state index in [4.69, 9.17) is 0 Å². The highest BCUT2D eigenvalue weighted by atomic mass is 19.1. The number of aliphatic imine (C=N–C) groups is 1. The first-order valence-corrected chi connectivity index (χ1v) is 7.39. The Hall–Kier alpha value is -1.97. The number of hydrogen-bond acceptors (Lipinski definition) is 1. The van der Waals surface area contributed by atoms with Crippen molar-refractivity contribution in [1.29, 1.82) is 0 Å². The van der Waals surface area contributed by atoms with Crippen LogP contribution in [0.2, 0.25) is 0 Å². The summed E-state index contributed by atoms with van der Waals surface area (Å²) in [5, 5.41) is 0. The van der Waals surface area contributed by atoms with Crippen molar-refractivity contribution in [2.45, 2.75) is 38.1 Å². The van der Waals surface area contributed by atoms with Crippen LogP contribution in [0.1, 0.15) is 43.7 Å². The Morgan fingerprint density at radius 2 is 1.90 bits per heavy atom. The van der Waals surface area contributed by atoms with Gasteiger partial charge in [-0.2, -0.15) is 0 Å². The Balaban J connectivity index is 1.72. The van der Waals surface area contributed by atoms with Crippen molar-refractivity contribution in [3.05, 3.63) is 53.9 Å². The van der Waals surface area contributed by atoms with Crippen LogP contribution in [-0.2, 0) is 0 Å². The molecule has 1 heterocycles. The minimum absolute atomic E-state index is 0.154. The van der Waals surface area contributed by atoms with Crippen molar-refractivity contribution in [2.75, 3.05) is 0 Å². The number of aromatic nitrogens is 1. The standard InChI is InChI=1S/C17H18F2N2/c18-14-6-7-17(16(19)10-14)20-11-13-8-9-21(12-13)15-4-2-1-3-5-15/h6-12,15H,1-5H2. The van der Waals surface area contributed by atoms with E-state index in [1.54, 1.807) is 6.21 Å². The molecule has 0 saturated heterocycles. The Kier molecular flexibility index (Phi) is 4.13. The Morgan fingerprint density at radius 3 is 2.67 bits per heavy atom. The van der Waals surface area contributed by atoms with E-state index < -0.39 is 11.6 Å². The molecule has 1 aliphatic carbocycles. The zero-order valence-electron chi connectivity index (χ0n) is 11.8. The molecule has 0 radical (unpaired) electrons. The van der Waals surface area contributed by atoms with Gasteiger partial charge in [-0.25, -0.2) is 8.78 Å². The first kappa shape index (κ1) is 14.0. The van der Waals surface area contributed by atoms with Crippen LogP contribution in [0.15, 0.2) is 41.7 Å². The molecular weight excluding hydrogens is 270 g/mol. The Bertz CT molecular complexity index is 640. The highest BCUT2D eigenvalue weighted by Crippen LogP contribution is 2.28. The van der Waals surface area contributed by atoms with Gasteiger partial charge in [-0.3, -0.25) is 4.99 Å². The van der Waals surface area contributed by atoms with Crippen molar-refractivity contribution < 1.29 is 8.78 Å². The van der Waals surface area contributed by atoms with Gasteiger partial charge < -0.3 is 4.57 Å². The summed E-state index contributed by atoms with van der Waals surface area (Å²) in [6.07, 6.45) is 12.1. The van der Waals surface area contributed by atoms with E-state index in [1.165, 1.54) is 44.2 Å². The zero-order valence-corrected chi connectivity index (χ0v) is 11.8. The molecule has 0 N–H and O–H groups in total. The SMILES string of the molecule is Fc1ccc(N=Cc2ccn(C3CCCCC3)c2)c(F)c1. The topological polar surface area (TPSA) is 17.3 Å². The van der Waals surface area contributed by atoms with Crippen molar-refractivity contribution in [3.63, 3.8) is 0 Å². The predicted octanol–water partition coefficient (Wildman–Crippen LogP) is 5.02. The molecule has 0 amide bonds. The highest BCUT2D eigenvalue weighted by Gasteiger charge is 2.14. The quantitative estimate of drug-likeness (QED) is 0.705. The van der Waals surface area contributed by atoms with Crippen LogP contribution in [0.3, 0.4) is 0 Å². The van der Waals surface area contributed by atoms with Gasteiger partial charge in [-0.15, -0.1) is 0 Å². The molecule has 1 fully saturated rings. The second-order valence-electron chi connectivity index (χ2n) is 5.54. The van der Waals surface area contributed by atoms with Crippen LogP contribution in [0.25, 0.3) is 0 Å². The molecule has 110 valence electrons. The van der Waals surface area contributed by atoms with Crippen LogP contribution >= 0.6 is 0 Å². The maximum atomic E-state index is 13.5. The van der Waals surface area contributed by atoms with Gasteiger partial charge in [-0.05, 0) is 31.0 Å². The fourth-order valence-corrected chi connectivity index (χ4v) is 2.84. The first-order valence-electron chi connectivity index (χ1n) is 7.39. The van der Waals surface area contributed by atoms with Gasteiger partial charge in [0.15, 0.2) is 5.82 Å². The zero-order chi connectivity index (χ0) is 14.7. The van der Waals surface area contributed by atoms with Crippen molar-refractivity contribution in [2.24, 2.45) is 4.99 Å².